The lowest BCUT2D eigenvalue weighted by atomic mass is 10.0. The normalized spacial score (nSPS) is 10.5. The minimum Gasteiger partial charge on any atom is -0.362 e. The molecule has 0 saturated heterocycles. The number of H-pyrrole nitrogens is 1. The minimum atomic E-state index is 1.15. The zero-order valence-electron chi connectivity index (χ0n) is 7.91. The Hall–Kier alpha value is -0.720. The van der Waals surface area contributed by atoms with Crippen LogP contribution in [0.3, 0.4) is 0 Å². The van der Waals surface area contributed by atoms with Crippen LogP contribution in [0.25, 0.3) is 0 Å². The van der Waals surface area contributed by atoms with Crippen LogP contribution in [0.1, 0.15) is 36.4 Å². The van der Waals surface area contributed by atoms with Crippen molar-refractivity contribution in [1.82, 2.24) is 4.98 Å². The van der Waals surface area contributed by atoms with Gasteiger partial charge in [-0.25, -0.2) is 0 Å². The summed E-state index contributed by atoms with van der Waals surface area (Å²) in [5.74, 6) is 0. The monoisotopic (exact) mass is 151 g/mol. The van der Waals surface area contributed by atoms with Crippen molar-refractivity contribution in [2.75, 3.05) is 0 Å². The second kappa shape index (κ2) is 3.12. The van der Waals surface area contributed by atoms with Crippen molar-refractivity contribution in [3.63, 3.8) is 0 Å². The highest BCUT2D eigenvalue weighted by molar-refractivity contribution is 5.35. The summed E-state index contributed by atoms with van der Waals surface area (Å²) >= 11 is 0. The van der Waals surface area contributed by atoms with Gasteiger partial charge in [0.25, 0.3) is 0 Å². The van der Waals surface area contributed by atoms with E-state index in [1.807, 2.05) is 0 Å². The fourth-order valence-electron chi connectivity index (χ4n) is 1.84. The summed E-state index contributed by atoms with van der Waals surface area (Å²) in [5, 5.41) is 0. The first-order valence-corrected chi connectivity index (χ1v) is 4.37. The molecule has 1 rings (SSSR count). The topological polar surface area (TPSA) is 15.8 Å². The molecule has 1 heterocycles. The summed E-state index contributed by atoms with van der Waals surface area (Å²) in [5.41, 5.74) is 5.73. The zero-order chi connectivity index (χ0) is 8.43. The van der Waals surface area contributed by atoms with Crippen LogP contribution in [-0.2, 0) is 12.8 Å². The van der Waals surface area contributed by atoms with E-state index in [0.717, 1.165) is 12.8 Å². The lowest BCUT2D eigenvalue weighted by molar-refractivity contribution is 1.03. The molecule has 0 bridgehead atoms. The maximum atomic E-state index is 3.38. The molecule has 1 heteroatoms. The molecular weight excluding hydrogens is 134 g/mol. The molecule has 0 saturated carbocycles. The quantitative estimate of drug-likeness (QED) is 0.669. The molecule has 1 nitrogen and oxygen atoms in total. The SMILES string of the molecule is CCc1c(C)[nH]c(C)c1CC. The maximum Gasteiger partial charge on any atom is 0.0152 e. The van der Waals surface area contributed by atoms with Gasteiger partial charge in [0.15, 0.2) is 0 Å². The molecule has 1 aromatic heterocycles. The van der Waals surface area contributed by atoms with Gasteiger partial charge < -0.3 is 4.98 Å². The van der Waals surface area contributed by atoms with Crippen LogP contribution in [0, 0.1) is 13.8 Å². The summed E-state index contributed by atoms with van der Waals surface area (Å²) in [6.45, 7) is 8.75. The average molecular weight is 151 g/mol. The van der Waals surface area contributed by atoms with E-state index in [0.29, 0.717) is 0 Å². The predicted octanol–water partition coefficient (Wildman–Crippen LogP) is 2.76. The second-order valence-electron chi connectivity index (χ2n) is 3.04. The largest absolute Gasteiger partial charge is 0.362 e. The predicted molar refractivity (Wildman–Crippen MR) is 49.0 cm³/mol. The molecular formula is C10H17N. The molecule has 0 aromatic carbocycles. The molecule has 0 spiro atoms. The summed E-state index contributed by atoms with van der Waals surface area (Å²) in [6, 6.07) is 0. The number of hydrogen-bond acceptors (Lipinski definition) is 0. The minimum absolute atomic E-state index is 1.15. The lowest BCUT2D eigenvalue weighted by Gasteiger charge is -1.98. The van der Waals surface area contributed by atoms with Gasteiger partial charge in [-0.3, -0.25) is 0 Å². The molecule has 0 aliphatic rings. The second-order valence-corrected chi connectivity index (χ2v) is 3.04. The highest BCUT2D eigenvalue weighted by atomic mass is 14.7. The van der Waals surface area contributed by atoms with E-state index in [1.54, 1.807) is 0 Å². The molecule has 0 fully saturated rings. The third-order valence-corrected chi connectivity index (χ3v) is 2.35. The van der Waals surface area contributed by atoms with Crippen LogP contribution in [0.15, 0.2) is 0 Å². The average Bonchev–Trinajstić information content (AvgIpc) is 2.24. The molecule has 0 aliphatic carbocycles. The number of aromatic nitrogens is 1. The standard InChI is InChI=1S/C10H17N/c1-5-9-7(3)11-8(4)10(9)6-2/h11H,5-6H2,1-4H3. The molecule has 0 radical (unpaired) electrons. The zero-order valence-corrected chi connectivity index (χ0v) is 7.91. The van der Waals surface area contributed by atoms with E-state index in [9.17, 15) is 0 Å². The van der Waals surface area contributed by atoms with E-state index in [2.05, 4.69) is 32.7 Å². The molecule has 0 amide bonds. The summed E-state index contributed by atoms with van der Waals surface area (Å²) in [7, 11) is 0. The maximum absolute atomic E-state index is 3.38. The van der Waals surface area contributed by atoms with Gasteiger partial charge in [-0.05, 0) is 37.8 Å². The van der Waals surface area contributed by atoms with Gasteiger partial charge in [-0.15, -0.1) is 0 Å². The van der Waals surface area contributed by atoms with Crippen LogP contribution in [0.2, 0.25) is 0 Å². The van der Waals surface area contributed by atoms with Gasteiger partial charge in [0.05, 0.1) is 0 Å². The Kier molecular flexibility index (Phi) is 2.38. The number of hydrogen-bond donors (Lipinski definition) is 1. The fourth-order valence-corrected chi connectivity index (χ4v) is 1.84. The summed E-state index contributed by atoms with van der Waals surface area (Å²) in [4.78, 5) is 3.38. The highest BCUT2D eigenvalue weighted by Gasteiger charge is 2.07. The van der Waals surface area contributed by atoms with Crippen molar-refractivity contribution in [3.05, 3.63) is 22.5 Å². The van der Waals surface area contributed by atoms with Crippen LogP contribution >= 0.6 is 0 Å². The molecule has 11 heavy (non-hydrogen) atoms. The van der Waals surface area contributed by atoms with Gasteiger partial charge in [-0.1, -0.05) is 13.8 Å². The first-order chi connectivity index (χ1) is 5.20. The third kappa shape index (κ3) is 1.32. The Morgan fingerprint density at radius 1 is 0.909 bits per heavy atom. The summed E-state index contributed by atoms with van der Waals surface area (Å²) in [6.07, 6.45) is 2.30. The van der Waals surface area contributed by atoms with E-state index in [-0.39, 0.29) is 0 Å². The number of aromatic amines is 1. The fraction of sp³-hybridized carbons (Fsp3) is 0.600. The first-order valence-electron chi connectivity index (χ1n) is 4.37. The van der Waals surface area contributed by atoms with Crippen molar-refractivity contribution < 1.29 is 0 Å². The third-order valence-electron chi connectivity index (χ3n) is 2.35. The molecule has 0 unspecified atom stereocenters. The van der Waals surface area contributed by atoms with Crippen LogP contribution < -0.4 is 0 Å². The Morgan fingerprint density at radius 3 is 1.55 bits per heavy atom. The van der Waals surface area contributed by atoms with Crippen molar-refractivity contribution in [2.45, 2.75) is 40.5 Å². The van der Waals surface area contributed by atoms with Gasteiger partial charge in [0.2, 0.25) is 0 Å². The molecule has 0 aliphatic heterocycles. The van der Waals surface area contributed by atoms with E-state index in [1.165, 1.54) is 22.5 Å². The summed E-state index contributed by atoms with van der Waals surface area (Å²) < 4.78 is 0. The Bertz CT molecular complexity index is 221. The molecule has 1 N–H and O–H groups in total. The van der Waals surface area contributed by atoms with Crippen molar-refractivity contribution in [3.8, 4) is 0 Å². The van der Waals surface area contributed by atoms with Gasteiger partial charge >= 0.3 is 0 Å². The van der Waals surface area contributed by atoms with E-state index in [4.69, 9.17) is 0 Å². The van der Waals surface area contributed by atoms with Gasteiger partial charge in [0, 0.05) is 11.4 Å². The number of rotatable bonds is 2. The Balaban J connectivity index is 3.17. The highest BCUT2D eigenvalue weighted by Crippen LogP contribution is 2.18. The molecule has 0 atom stereocenters. The lowest BCUT2D eigenvalue weighted by Crippen LogP contribution is -1.88. The smallest absolute Gasteiger partial charge is 0.0152 e. The van der Waals surface area contributed by atoms with Crippen molar-refractivity contribution in [1.29, 1.82) is 0 Å². The van der Waals surface area contributed by atoms with E-state index >= 15 is 0 Å². The van der Waals surface area contributed by atoms with Crippen molar-refractivity contribution in [2.24, 2.45) is 0 Å². The Morgan fingerprint density at radius 2 is 1.27 bits per heavy atom. The molecule has 1 aromatic rings. The molecule has 62 valence electrons. The first kappa shape index (κ1) is 8.38. The van der Waals surface area contributed by atoms with Crippen LogP contribution in [-0.4, -0.2) is 4.98 Å². The van der Waals surface area contributed by atoms with E-state index < -0.39 is 0 Å². The Labute approximate surface area is 68.8 Å². The van der Waals surface area contributed by atoms with Gasteiger partial charge in [-0.2, -0.15) is 0 Å². The number of nitrogens with one attached hydrogen (secondary N) is 1. The number of aryl methyl sites for hydroxylation is 2. The van der Waals surface area contributed by atoms with Crippen LogP contribution in [0.4, 0.5) is 0 Å². The van der Waals surface area contributed by atoms with Crippen LogP contribution in [0.5, 0.6) is 0 Å². The van der Waals surface area contributed by atoms with Gasteiger partial charge in [0.1, 0.15) is 0 Å². The van der Waals surface area contributed by atoms with Crippen molar-refractivity contribution >= 4 is 0 Å².